The van der Waals surface area contributed by atoms with Crippen LogP contribution in [0.3, 0.4) is 0 Å². The molecule has 1 spiro atoms. The lowest BCUT2D eigenvalue weighted by molar-refractivity contribution is 0.307. The molecule has 3 heteroatoms. The Morgan fingerprint density at radius 1 is 1.58 bits per heavy atom. The van der Waals surface area contributed by atoms with Crippen molar-refractivity contribution in [1.29, 1.82) is 0 Å². The highest BCUT2D eigenvalue weighted by Crippen LogP contribution is 2.55. The average molecular weight is 203 g/mol. The lowest BCUT2D eigenvalue weighted by Crippen LogP contribution is -2.34. The summed E-state index contributed by atoms with van der Waals surface area (Å²) in [4.78, 5) is 2.47. The smallest absolute Gasteiger partial charge is 0.0261 e. The van der Waals surface area contributed by atoms with Crippen LogP contribution in [0.25, 0.3) is 0 Å². The summed E-state index contributed by atoms with van der Waals surface area (Å²) in [6.07, 6.45) is 4.25. The molecule has 0 bridgehead atoms. The number of rotatable bonds is 2. The van der Waals surface area contributed by atoms with Crippen LogP contribution in [-0.4, -0.2) is 35.5 Å². The Labute approximate surface area is 85.7 Å². The van der Waals surface area contributed by atoms with E-state index in [1.54, 1.807) is 0 Å². The minimum atomic E-state index is 0.457. The monoisotopic (exact) mass is 203 g/mol. The first-order valence-electron chi connectivity index (χ1n) is 4.66. The van der Waals surface area contributed by atoms with E-state index >= 15 is 0 Å². The molecule has 0 radical (unpaired) electrons. The van der Waals surface area contributed by atoms with E-state index in [0.717, 1.165) is 5.75 Å². The first-order chi connectivity index (χ1) is 5.67. The summed E-state index contributed by atoms with van der Waals surface area (Å²) in [5, 5.41) is 0.457. The number of thiol groups is 2. The standard InChI is InChI=1S/C9H17NS2/c1-10-6-9(2-3-9)4-7(10)8(12)5-11/h7-8,11-12H,2-6H2,1H3. The van der Waals surface area contributed by atoms with E-state index in [4.69, 9.17) is 0 Å². The summed E-state index contributed by atoms with van der Waals surface area (Å²) in [6.45, 7) is 1.29. The Hall–Kier alpha value is 0.660. The van der Waals surface area contributed by atoms with Gasteiger partial charge >= 0.3 is 0 Å². The van der Waals surface area contributed by atoms with Crippen LogP contribution in [0, 0.1) is 5.41 Å². The van der Waals surface area contributed by atoms with Gasteiger partial charge in [0.15, 0.2) is 0 Å². The van der Waals surface area contributed by atoms with Crippen LogP contribution >= 0.6 is 25.3 Å². The van der Waals surface area contributed by atoms with Crippen LogP contribution in [-0.2, 0) is 0 Å². The summed E-state index contributed by atoms with van der Waals surface area (Å²) in [5.41, 5.74) is 0.712. The molecular weight excluding hydrogens is 186 g/mol. The molecule has 0 aromatic carbocycles. The fourth-order valence-corrected chi connectivity index (χ4v) is 2.98. The molecule has 2 rings (SSSR count). The van der Waals surface area contributed by atoms with Gasteiger partial charge in [0, 0.05) is 23.6 Å². The van der Waals surface area contributed by atoms with Gasteiger partial charge in [-0.25, -0.2) is 0 Å². The second-order valence-electron chi connectivity index (χ2n) is 4.44. The molecule has 0 N–H and O–H groups in total. The molecule has 0 amide bonds. The quantitative estimate of drug-likeness (QED) is 0.646. The van der Waals surface area contributed by atoms with E-state index in [1.807, 2.05) is 0 Å². The topological polar surface area (TPSA) is 3.24 Å². The van der Waals surface area contributed by atoms with Crippen LogP contribution in [0.4, 0.5) is 0 Å². The Bertz CT molecular complexity index is 179. The maximum absolute atomic E-state index is 4.57. The third-order valence-corrected chi connectivity index (χ3v) is 4.59. The number of likely N-dealkylation sites (tertiary alicyclic amines) is 1. The van der Waals surface area contributed by atoms with E-state index < -0.39 is 0 Å². The number of hydrogen-bond donors (Lipinski definition) is 2. The minimum absolute atomic E-state index is 0.457. The van der Waals surface area contributed by atoms with Crippen LogP contribution < -0.4 is 0 Å². The summed E-state index contributed by atoms with van der Waals surface area (Å²) in [6, 6.07) is 0.674. The van der Waals surface area contributed by atoms with Crippen LogP contribution in [0.2, 0.25) is 0 Å². The molecule has 2 fully saturated rings. The van der Waals surface area contributed by atoms with Gasteiger partial charge in [-0.05, 0) is 31.7 Å². The maximum atomic E-state index is 4.57. The van der Waals surface area contributed by atoms with Gasteiger partial charge in [0.25, 0.3) is 0 Å². The first-order valence-corrected chi connectivity index (χ1v) is 5.81. The van der Waals surface area contributed by atoms with Crippen molar-refractivity contribution >= 4 is 25.3 Å². The average Bonchev–Trinajstić information content (AvgIpc) is 2.70. The van der Waals surface area contributed by atoms with Gasteiger partial charge in [0.1, 0.15) is 0 Å². The Balaban J connectivity index is 1.98. The van der Waals surface area contributed by atoms with Gasteiger partial charge in [-0.2, -0.15) is 25.3 Å². The second kappa shape index (κ2) is 3.10. The van der Waals surface area contributed by atoms with Crippen molar-refractivity contribution in [2.45, 2.75) is 30.6 Å². The predicted molar refractivity (Wildman–Crippen MR) is 59.3 cm³/mol. The molecule has 2 unspecified atom stereocenters. The molecule has 1 saturated carbocycles. The molecule has 2 atom stereocenters. The zero-order chi connectivity index (χ0) is 8.77. The third-order valence-electron chi connectivity index (χ3n) is 3.38. The van der Waals surface area contributed by atoms with Crippen molar-refractivity contribution < 1.29 is 0 Å². The molecule has 12 heavy (non-hydrogen) atoms. The highest BCUT2D eigenvalue weighted by Gasteiger charge is 2.51. The summed E-state index contributed by atoms with van der Waals surface area (Å²) in [7, 11) is 2.23. The van der Waals surface area contributed by atoms with Crippen LogP contribution in [0.5, 0.6) is 0 Å². The molecule has 0 aromatic heterocycles. The Morgan fingerprint density at radius 2 is 2.25 bits per heavy atom. The molecule has 1 aliphatic heterocycles. The second-order valence-corrected chi connectivity index (χ2v) is 5.46. The Kier molecular flexibility index (Phi) is 2.39. The fraction of sp³-hybridized carbons (Fsp3) is 1.00. The number of hydrogen-bond acceptors (Lipinski definition) is 3. The highest BCUT2D eigenvalue weighted by molar-refractivity contribution is 7.84. The van der Waals surface area contributed by atoms with Crippen molar-refractivity contribution in [2.75, 3.05) is 19.3 Å². The zero-order valence-electron chi connectivity index (χ0n) is 7.53. The summed E-state index contributed by atoms with van der Waals surface area (Å²) >= 11 is 8.88. The maximum Gasteiger partial charge on any atom is 0.0261 e. The van der Waals surface area contributed by atoms with Gasteiger partial charge in [-0.15, -0.1) is 0 Å². The van der Waals surface area contributed by atoms with E-state index in [1.165, 1.54) is 25.8 Å². The van der Waals surface area contributed by atoms with Gasteiger partial charge < -0.3 is 4.90 Å². The van der Waals surface area contributed by atoms with E-state index in [-0.39, 0.29) is 0 Å². The highest BCUT2D eigenvalue weighted by atomic mass is 32.1. The number of nitrogens with zero attached hydrogens (tertiary/aromatic N) is 1. The van der Waals surface area contributed by atoms with Gasteiger partial charge in [-0.1, -0.05) is 0 Å². The third kappa shape index (κ3) is 1.51. The molecule has 70 valence electrons. The molecule has 1 heterocycles. The minimum Gasteiger partial charge on any atom is -0.302 e. The normalized spacial score (nSPS) is 35.8. The summed E-state index contributed by atoms with van der Waals surface area (Å²) < 4.78 is 0. The van der Waals surface area contributed by atoms with Crippen molar-refractivity contribution in [2.24, 2.45) is 5.41 Å². The van der Waals surface area contributed by atoms with Gasteiger partial charge in [-0.3, -0.25) is 0 Å². The van der Waals surface area contributed by atoms with E-state index in [0.29, 0.717) is 16.7 Å². The largest absolute Gasteiger partial charge is 0.302 e. The fourth-order valence-electron chi connectivity index (χ4n) is 2.40. The zero-order valence-corrected chi connectivity index (χ0v) is 9.32. The van der Waals surface area contributed by atoms with Crippen LogP contribution in [0.1, 0.15) is 19.3 Å². The molecular formula is C9H17NS2. The van der Waals surface area contributed by atoms with Crippen molar-refractivity contribution in [1.82, 2.24) is 4.90 Å². The summed E-state index contributed by atoms with van der Waals surface area (Å²) in [5.74, 6) is 0.897. The van der Waals surface area contributed by atoms with E-state index in [9.17, 15) is 0 Å². The van der Waals surface area contributed by atoms with E-state index in [2.05, 4.69) is 37.2 Å². The molecule has 1 aliphatic carbocycles. The molecule has 2 aliphatic rings. The Morgan fingerprint density at radius 3 is 2.67 bits per heavy atom. The van der Waals surface area contributed by atoms with Gasteiger partial charge in [0.2, 0.25) is 0 Å². The first kappa shape index (κ1) is 9.22. The molecule has 0 aromatic rings. The lowest BCUT2D eigenvalue weighted by atomic mass is 10.0. The molecule has 1 nitrogen and oxygen atoms in total. The predicted octanol–water partition coefficient (Wildman–Crippen LogP) is 1.70. The molecule has 1 saturated heterocycles. The lowest BCUT2D eigenvalue weighted by Gasteiger charge is -2.23. The van der Waals surface area contributed by atoms with Crippen molar-refractivity contribution in [3.63, 3.8) is 0 Å². The van der Waals surface area contributed by atoms with Crippen LogP contribution in [0.15, 0.2) is 0 Å². The van der Waals surface area contributed by atoms with Crippen molar-refractivity contribution in [3.05, 3.63) is 0 Å². The van der Waals surface area contributed by atoms with Gasteiger partial charge in [0.05, 0.1) is 0 Å². The van der Waals surface area contributed by atoms with Crippen molar-refractivity contribution in [3.8, 4) is 0 Å². The SMILES string of the molecule is CN1CC2(CC2)CC1C(S)CS.